The monoisotopic (exact) mass is 378 g/mol. The molecule has 7 heteroatoms. The van der Waals surface area contributed by atoms with E-state index in [1.54, 1.807) is 36.7 Å². The van der Waals surface area contributed by atoms with Gasteiger partial charge in [-0.15, -0.1) is 0 Å². The Morgan fingerprint density at radius 3 is 2.61 bits per heavy atom. The zero-order valence-electron chi connectivity index (χ0n) is 15.5. The topological polar surface area (TPSA) is 91.4 Å². The van der Waals surface area contributed by atoms with Gasteiger partial charge in [-0.05, 0) is 61.1 Å². The zero-order chi connectivity index (χ0) is 19.5. The van der Waals surface area contributed by atoms with Crippen LogP contribution in [0.1, 0.15) is 30.4 Å². The maximum absolute atomic E-state index is 12.6. The van der Waals surface area contributed by atoms with Gasteiger partial charge in [0.1, 0.15) is 0 Å². The molecule has 2 aliphatic rings. The van der Waals surface area contributed by atoms with Gasteiger partial charge >= 0.3 is 11.8 Å². The minimum absolute atomic E-state index is 0.142. The number of carbonyl (C=O) groups excluding carboxylic acids is 3. The van der Waals surface area contributed by atoms with Crippen LogP contribution in [0.15, 0.2) is 42.7 Å². The van der Waals surface area contributed by atoms with Crippen LogP contribution in [-0.2, 0) is 27.3 Å². The minimum Gasteiger partial charge on any atom is -0.344 e. The Hall–Kier alpha value is -3.22. The number of anilines is 2. The second-order valence-corrected chi connectivity index (χ2v) is 7.20. The van der Waals surface area contributed by atoms with Crippen LogP contribution in [0.5, 0.6) is 0 Å². The summed E-state index contributed by atoms with van der Waals surface area (Å²) >= 11 is 0. The molecule has 3 amide bonds. The second kappa shape index (κ2) is 7.80. The third-order valence-corrected chi connectivity index (χ3v) is 5.06. The highest BCUT2D eigenvalue weighted by atomic mass is 16.2. The number of aromatic nitrogens is 1. The number of fused-ring (bicyclic) bond motifs is 1. The Bertz CT molecular complexity index is 909. The summed E-state index contributed by atoms with van der Waals surface area (Å²) in [5.41, 5.74) is 3.32. The molecule has 0 radical (unpaired) electrons. The molecule has 2 N–H and O–H groups in total. The summed E-state index contributed by atoms with van der Waals surface area (Å²) in [5.74, 6) is -1.13. The molecule has 0 bridgehead atoms. The van der Waals surface area contributed by atoms with E-state index >= 15 is 0 Å². The lowest BCUT2D eigenvalue weighted by atomic mass is 10.0. The van der Waals surface area contributed by atoms with Crippen LogP contribution in [-0.4, -0.2) is 29.3 Å². The molecule has 0 unspecified atom stereocenters. The summed E-state index contributed by atoms with van der Waals surface area (Å²) < 4.78 is 0. The number of amides is 3. The molecule has 1 fully saturated rings. The van der Waals surface area contributed by atoms with Crippen LogP contribution < -0.4 is 15.5 Å². The normalized spacial score (nSPS) is 15.5. The van der Waals surface area contributed by atoms with Gasteiger partial charge in [-0.25, -0.2) is 0 Å². The number of pyridine rings is 1. The lowest BCUT2D eigenvalue weighted by Crippen LogP contribution is -2.37. The number of benzene rings is 1. The number of hydrogen-bond donors (Lipinski definition) is 2. The quantitative estimate of drug-likeness (QED) is 0.797. The molecule has 2 heterocycles. The second-order valence-electron chi connectivity index (χ2n) is 7.20. The highest BCUT2D eigenvalue weighted by Gasteiger charge is 2.35. The van der Waals surface area contributed by atoms with Crippen molar-refractivity contribution in [3.05, 3.63) is 53.9 Å². The molecular formula is C21H22N4O3. The van der Waals surface area contributed by atoms with Crippen molar-refractivity contribution in [3.8, 4) is 0 Å². The molecule has 144 valence electrons. The molecule has 1 aromatic carbocycles. The smallest absolute Gasteiger partial charge is 0.313 e. The van der Waals surface area contributed by atoms with Gasteiger partial charge in [-0.3, -0.25) is 19.4 Å². The zero-order valence-corrected chi connectivity index (χ0v) is 15.5. The number of rotatable bonds is 4. The summed E-state index contributed by atoms with van der Waals surface area (Å²) in [6.45, 7) is 0.953. The van der Waals surface area contributed by atoms with E-state index in [9.17, 15) is 14.4 Å². The molecule has 7 nitrogen and oxygen atoms in total. The van der Waals surface area contributed by atoms with Gasteiger partial charge in [-0.2, -0.15) is 0 Å². The molecule has 1 aliphatic carbocycles. The van der Waals surface area contributed by atoms with Crippen LogP contribution in [0, 0.1) is 5.92 Å². The molecule has 1 saturated carbocycles. The highest BCUT2D eigenvalue weighted by Crippen LogP contribution is 2.36. The summed E-state index contributed by atoms with van der Waals surface area (Å²) in [6, 6.07) is 9.03. The Labute approximate surface area is 163 Å². The van der Waals surface area contributed by atoms with Crippen molar-refractivity contribution < 1.29 is 14.4 Å². The van der Waals surface area contributed by atoms with E-state index in [2.05, 4.69) is 15.6 Å². The Morgan fingerprint density at radius 1 is 1.07 bits per heavy atom. The lowest BCUT2D eigenvalue weighted by Gasteiger charge is -2.30. The summed E-state index contributed by atoms with van der Waals surface area (Å²) in [4.78, 5) is 42.6. The van der Waals surface area contributed by atoms with Gasteiger partial charge in [0.15, 0.2) is 0 Å². The SMILES string of the molecule is O=C(NCc1ccncc1)C(=O)Nc1ccc2c(c1)N(C(=O)C1CC1)CCC2. The molecule has 1 aromatic heterocycles. The predicted octanol–water partition coefficient (Wildman–Crippen LogP) is 2.03. The third-order valence-electron chi connectivity index (χ3n) is 5.06. The van der Waals surface area contributed by atoms with Crippen molar-refractivity contribution in [2.45, 2.75) is 32.2 Å². The number of hydrogen-bond acceptors (Lipinski definition) is 4. The van der Waals surface area contributed by atoms with Gasteiger partial charge in [0, 0.05) is 42.8 Å². The number of carbonyl (C=O) groups is 3. The minimum atomic E-state index is -0.732. The van der Waals surface area contributed by atoms with E-state index in [1.807, 2.05) is 11.0 Å². The van der Waals surface area contributed by atoms with Crippen molar-refractivity contribution in [1.82, 2.24) is 10.3 Å². The molecule has 1 aliphatic heterocycles. The van der Waals surface area contributed by atoms with E-state index in [0.29, 0.717) is 12.2 Å². The van der Waals surface area contributed by atoms with Crippen LogP contribution in [0.4, 0.5) is 11.4 Å². The summed E-state index contributed by atoms with van der Waals surface area (Å²) in [6.07, 6.45) is 7.02. The fraction of sp³-hybridized carbons (Fsp3) is 0.333. The standard InChI is InChI=1S/C21H22N4O3/c26-19(23-13-14-7-9-22-10-8-14)20(27)24-17-6-5-15-2-1-11-25(18(15)12-17)21(28)16-3-4-16/h5-10,12,16H,1-4,11,13H2,(H,23,26)(H,24,27). The van der Waals surface area contributed by atoms with Crippen LogP contribution >= 0.6 is 0 Å². The average molecular weight is 378 g/mol. The largest absolute Gasteiger partial charge is 0.344 e. The first-order valence-electron chi connectivity index (χ1n) is 9.54. The van der Waals surface area contributed by atoms with Gasteiger partial charge in [0.05, 0.1) is 0 Å². The van der Waals surface area contributed by atoms with Crippen molar-refractivity contribution in [3.63, 3.8) is 0 Å². The molecule has 0 saturated heterocycles. The Balaban J connectivity index is 1.41. The lowest BCUT2D eigenvalue weighted by molar-refractivity contribution is -0.136. The molecule has 0 atom stereocenters. The molecular weight excluding hydrogens is 356 g/mol. The first kappa shape index (κ1) is 18.2. The average Bonchev–Trinajstić information content (AvgIpc) is 3.57. The number of aryl methyl sites for hydroxylation is 1. The van der Waals surface area contributed by atoms with E-state index in [0.717, 1.165) is 42.5 Å². The Morgan fingerprint density at radius 2 is 1.86 bits per heavy atom. The first-order chi connectivity index (χ1) is 13.6. The van der Waals surface area contributed by atoms with Gasteiger partial charge in [0.2, 0.25) is 5.91 Å². The number of nitrogens with one attached hydrogen (secondary N) is 2. The van der Waals surface area contributed by atoms with E-state index in [1.165, 1.54) is 0 Å². The van der Waals surface area contributed by atoms with Crippen LogP contribution in [0.3, 0.4) is 0 Å². The van der Waals surface area contributed by atoms with Crippen molar-refractivity contribution >= 4 is 29.1 Å². The van der Waals surface area contributed by atoms with E-state index in [4.69, 9.17) is 0 Å². The van der Waals surface area contributed by atoms with Gasteiger partial charge < -0.3 is 15.5 Å². The van der Waals surface area contributed by atoms with Gasteiger partial charge in [-0.1, -0.05) is 6.07 Å². The molecule has 28 heavy (non-hydrogen) atoms. The number of nitrogens with zero attached hydrogens (tertiary/aromatic N) is 2. The Kier molecular flexibility index (Phi) is 5.06. The third kappa shape index (κ3) is 4.03. The van der Waals surface area contributed by atoms with Gasteiger partial charge in [0.25, 0.3) is 0 Å². The summed E-state index contributed by atoms with van der Waals surface area (Å²) in [5, 5.41) is 5.22. The molecule has 2 aromatic rings. The van der Waals surface area contributed by atoms with Crippen LogP contribution in [0.25, 0.3) is 0 Å². The van der Waals surface area contributed by atoms with E-state index in [-0.39, 0.29) is 18.4 Å². The maximum Gasteiger partial charge on any atom is 0.313 e. The fourth-order valence-corrected chi connectivity index (χ4v) is 3.38. The van der Waals surface area contributed by atoms with Crippen molar-refractivity contribution in [2.75, 3.05) is 16.8 Å². The molecule has 4 rings (SSSR count). The predicted molar refractivity (Wildman–Crippen MR) is 105 cm³/mol. The summed E-state index contributed by atoms with van der Waals surface area (Å²) in [7, 11) is 0. The van der Waals surface area contributed by atoms with E-state index < -0.39 is 11.8 Å². The van der Waals surface area contributed by atoms with Crippen LogP contribution in [0.2, 0.25) is 0 Å². The fourth-order valence-electron chi connectivity index (χ4n) is 3.38. The highest BCUT2D eigenvalue weighted by molar-refractivity contribution is 6.39. The first-order valence-corrected chi connectivity index (χ1v) is 9.54. The maximum atomic E-state index is 12.6. The van der Waals surface area contributed by atoms with Crippen molar-refractivity contribution in [1.29, 1.82) is 0 Å². The van der Waals surface area contributed by atoms with Crippen molar-refractivity contribution in [2.24, 2.45) is 5.92 Å². The molecule has 0 spiro atoms.